The van der Waals surface area contributed by atoms with Crippen LogP contribution in [0.5, 0.6) is 0 Å². The number of nitrogens with zero attached hydrogens (tertiary/aromatic N) is 1. The Kier molecular flexibility index (Phi) is 2.64. The lowest BCUT2D eigenvalue weighted by Gasteiger charge is -2.28. The molecule has 0 radical (unpaired) electrons. The third-order valence-electron chi connectivity index (χ3n) is 4.07. The molecule has 1 heteroatoms. The van der Waals surface area contributed by atoms with Crippen LogP contribution in [0.15, 0.2) is 0 Å². The Morgan fingerprint density at radius 2 is 1.77 bits per heavy atom. The Hall–Kier alpha value is -0.0400. The molecule has 1 saturated heterocycles. The van der Waals surface area contributed by atoms with Gasteiger partial charge in [0.1, 0.15) is 0 Å². The average molecular weight is 181 g/mol. The standard InChI is InChI=1S/C12H23N/c1-9(2)13-7-11-5-4-10(3)6-12(11)8-13/h9-12H,4-8H2,1-3H3. The largest absolute Gasteiger partial charge is 0.300 e. The summed E-state index contributed by atoms with van der Waals surface area (Å²) in [5, 5.41) is 0. The highest BCUT2D eigenvalue weighted by molar-refractivity contribution is 4.89. The first-order valence-corrected chi connectivity index (χ1v) is 5.91. The molecule has 2 aliphatic rings. The predicted octanol–water partition coefficient (Wildman–Crippen LogP) is 2.76. The van der Waals surface area contributed by atoms with E-state index in [9.17, 15) is 0 Å². The summed E-state index contributed by atoms with van der Waals surface area (Å²) in [5.41, 5.74) is 0. The third-order valence-corrected chi connectivity index (χ3v) is 4.07. The fourth-order valence-corrected chi connectivity index (χ4v) is 3.12. The summed E-state index contributed by atoms with van der Waals surface area (Å²) >= 11 is 0. The van der Waals surface area contributed by atoms with Crippen LogP contribution < -0.4 is 0 Å². The fourth-order valence-electron chi connectivity index (χ4n) is 3.12. The van der Waals surface area contributed by atoms with E-state index in [2.05, 4.69) is 25.7 Å². The average Bonchev–Trinajstić information content (AvgIpc) is 2.46. The zero-order chi connectivity index (χ0) is 9.42. The van der Waals surface area contributed by atoms with Gasteiger partial charge in [-0.2, -0.15) is 0 Å². The van der Waals surface area contributed by atoms with Crippen LogP contribution >= 0.6 is 0 Å². The zero-order valence-electron chi connectivity index (χ0n) is 9.29. The molecular formula is C12H23N. The van der Waals surface area contributed by atoms with Gasteiger partial charge in [0.05, 0.1) is 0 Å². The second kappa shape index (κ2) is 3.61. The van der Waals surface area contributed by atoms with Crippen molar-refractivity contribution in [3.8, 4) is 0 Å². The van der Waals surface area contributed by atoms with E-state index in [4.69, 9.17) is 0 Å². The zero-order valence-corrected chi connectivity index (χ0v) is 9.29. The molecule has 2 fully saturated rings. The third kappa shape index (κ3) is 1.90. The summed E-state index contributed by atoms with van der Waals surface area (Å²) in [5.74, 6) is 3.07. The molecule has 1 heterocycles. The van der Waals surface area contributed by atoms with Crippen molar-refractivity contribution in [2.45, 2.75) is 46.1 Å². The minimum atomic E-state index is 0.765. The van der Waals surface area contributed by atoms with E-state index < -0.39 is 0 Å². The van der Waals surface area contributed by atoms with Crippen molar-refractivity contribution in [2.24, 2.45) is 17.8 Å². The Labute approximate surface area is 82.5 Å². The molecule has 3 atom stereocenters. The van der Waals surface area contributed by atoms with Crippen molar-refractivity contribution in [1.82, 2.24) is 4.90 Å². The number of fused-ring (bicyclic) bond motifs is 1. The van der Waals surface area contributed by atoms with Crippen LogP contribution in [0.1, 0.15) is 40.0 Å². The summed E-state index contributed by atoms with van der Waals surface area (Å²) in [6, 6.07) is 0.765. The highest BCUT2D eigenvalue weighted by Crippen LogP contribution is 2.39. The van der Waals surface area contributed by atoms with Gasteiger partial charge in [-0.1, -0.05) is 13.3 Å². The van der Waals surface area contributed by atoms with Gasteiger partial charge < -0.3 is 4.90 Å². The molecule has 1 aliphatic carbocycles. The van der Waals surface area contributed by atoms with E-state index in [1.807, 2.05) is 0 Å². The summed E-state index contributed by atoms with van der Waals surface area (Å²) < 4.78 is 0. The van der Waals surface area contributed by atoms with E-state index >= 15 is 0 Å². The van der Waals surface area contributed by atoms with Crippen LogP contribution in [0.2, 0.25) is 0 Å². The van der Waals surface area contributed by atoms with Crippen molar-refractivity contribution >= 4 is 0 Å². The van der Waals surface area contributed by atoms with Crippen molar-refractivity contribution < 1.29 is 0 Å². The van der Waals surface area contributed by atoms with Crippen molar-refractivity contribution in [2.75, 3.05) is 13.1 Å². The lowest BCUT2D eigenvalue weighted by atomic mass is 9.77. The fraction of sp³-hybridized carbons (Fsp3) is 1.00. The summed E-state index contributed by atoms with van der Waals surface area (Å²) in [6.45, 7) is 9.86. The van der Waals surface area contributed by atoms with Crippen LogP contribution in [0.4, 0.5) is 0 Å². The maximum absolute atomic E-state index is 2.67. The number of hydrogen-bond acceptors (Lipinski definition) is 1. The number of hydrogen-bond donors (Lipinski definition) is 0. The predicted molar refractivity (Wildman–Crippen MR) is 56.7 cm³/mol. The Morgan fingerprint density at radius 1 is 1.08 bits per heavy atom. The van der Waals surface area contributed by atoms with Crippen molar-refractivity contribution in [3.63, 3.8) is 0 Å². The highest BCUT2D eigenvalue weighted by Gasteiger charge is 2.36. The summed E-state index contributed by atoms with van der Waals surface area (Å²) in [7, 11) is 0. The van der Waals surface area contributed by atoms with E-state index in [1.165, 1.54) is 32.4 Å². The second-order valence-electron chi connectivity index (χ2n) is 5.49. The van der Waals surface area contributed by atoms with Gasteiger partial charge in [-0.15, -0.1) is 0 Å². The van der Waals surface area contributed by atoms with Gasteiger partial charge in [0.2, 0.25) is 0 Å². The quantitative estimate of drug-likeness (QED) is 0.601. The van der Waals surface area contributed by atoms with Crippen molar-refractivity contribution in [1.29, 1.82) is 0 Å². The summed E-state index contributed by atoms with van der Waals surface area (Å²) in [6.07, 6.45) is 4.47. The van der Waals surface area contributed by atoms with Gasteiger partial charge >= 0.3 is 0 Å². The van der Waals surface area contributed by atoms with Crippen LogP contribution in [-0.2, 0) is 0 Å². The van der Waals surface area contributed by atoms with Crippen molar-refractivity contribution in [3.05, 3.63) is 0 Å². The second-order valence-corrected chi connectivity index (χ2v) is 5.49. The van der Waals surface area contributed by atoms with E-state index in [0.29, 0.717) is 0 Å². The molecule has 0 bridgehead atoms. The van der Waals surface area contributed by atoms with Gasteiger partial charge in [0.15, 0.2) is 0 Å². The molecular weight excluding hydrogens is 158 g/mol. The smallest absolute Gasteiger partial charge is 0.00388 e. The number of likely N-dealkylation sites (tertiary alicyclic amines) is 1. The monoisotopic (exact) mass is 181 g/mol. The molecule has 3 unspecified atom stereocenters. The molecule has 0 spiro atoms. The Balaban J connectivity index is 1.94. The lowest BCUT2D eigenvalue weighted by Crippen LogP contribution is -2.28. The van der Waals surface area contributed by atoms with Gasteiger partial charge in [0, 0.05) is 19.1 Å². The van der Waals surface area contributed by atoms with Crippen LogP contribution in [-0.4, -0.2) is 24.0 Å². The SMILES string of the molecule is CC1CCC2CN(C(C)C)CC2C1. The molecule has 0 aromatic heterocycles. The normalized spacial score (nSPS) is 41.1. The van der Waals surface area contributed by atoms with Gasteiger partial charge in [0.25, 0.3) is 0 Å². The highest BCUT2D eigenvalue weighted by atomic mass is 15.2. The first kappa shape index (κ1) is 9.51. The van der Waals surface area contributed by atoms with E-state index in [1.54, 1.807) is 0 Å². The first-order chi connectivity index (χ1) is 6.16. The molecule has 13 heavy (non-hydrogen) atoms. The molecule has 1 aliphatic heterocycles. The molecule has 76 valence electrons. The molecule has 1 nitrogen and oxygen atoms in total. The first-order valence-electron chi connectivity index (χ1n) is 5.91. The molecule has 2 rings (SSSR count). The Bertz CT molecular complexity index is 176. The van der Waals surface area contributed by atoms with Gasteiger partial charge in [-0.3, -0.25) is 0 Å². The van der Waals surface area contributed by atoms with E-state index in [0.717, 1.165) is 23.8 Å². The lowest BCUT2D eigenvalue weighted by molar-refractivity contribution is 0.237. The summed E-state index contributed by atoms with van der Waals surface area (Å²) in [4.78, 5) is 2.67. The molecule has 0 amide bonds. The minimum Gasteiger partial charge on any atom is -0.300 e. The maximum Gasteiger partial charge on any atom is 0.00388 e. The van der Waals surface area contributed by atoms with Gasteiger partial charge in [-0.25, -0.2) is 0 Å². The molecule has 1 saturated carbocycles. The Morgan fingerprint density at radius 3 is 2.46 bits per heavy atom. The maximum atomic E-state index is 2.67. The number of rotatable bonds is 1. The molecule has 0 aromatic carbocycles. The van der Waals surface area contributed by atoms with E-state index in [-0.39, 0.29) is 0 Å². The van der Waals surface area contributed by atoms with Gasteiger partial charge in [-0.05, 0) is 44.4 Å². The van der Waals surface area contributed by atoms with Crippen LogP contribution in [0.25, 0.3) is 0 Å². The molecule has 0 N–H and O–H groups in total. The van der Waals surface area contributed by atoms with Crippen LogP contribution in [0.3, 0.4) is 0 Å². The minimum absolute atomic E-state index is 0.765. The van der Waals surface area contributed by atoms with Crippen LogP contribution in [0, 0.1) is 17.8 Å². The topological polar surface area (TPSA) is 3.24 Å². The molecule has 0 aromatic rings.